The minimum atomic E-state index is 0.505. The Bertz CT molecular complexity index is 952. The maximum atomic E-state index is 5.94. The van der Waals surface area contributed by atoms with Gasteiger partial charge in [0.2, 0.25) is 0 Å². The van der Waals surface area contributed by atoms with Gasteiger partial charge in [-0.25, -0.2) is 4.98 Å². The van der Waals surface area contributed by atoms with Crippen LogP contribution in [0, 0.1) is 0 Å². The van der Waals surface area contributed by atoms with Gasteiger partial charge < -0.3 is 8.94 Å². The number of halogens is 1. The molecule has 0 saturated heterocycles. The molecule has 0 atom stereocenters. The third-order valence-electron chi connectivity index (χ3n) is 3.14. The molecule has 0 bridgehead atoms. The van der Waals surface area contributed by atoms with E-state index >= 15 is 0 Å². The van der Waals surface area contributed by atoms with E-state index < -0.39 is 0 Å². The molecule has 2 heterocycles. The zero-order valence-corrected chi connectivity index (χ0v) is 13.3. The summed E-state index contributed by atoms with van der Waals surface area (Å²) in [4.78, 5) is 8.75. The van der Waals surface area contributed by atoms with Gasteiger partial charge in [-0.05, 0) is 30.3 Å². The van der Waals surface area contributed by atoms with E-state index in [-0.39, 0.29) is 0 Å². The summed E-state index contributed by atoms with van der Waals surface area (Å²) < 4.78 is 10.9. The fourth-order valence-corrected chi connectivity index (χ4v) is 2.93. The summed E-state index contributed by atoms with van der Waals surface area (Å²) in [5, 5.41) is 5.16. The molecule has 23 heavy (non-hydrogen) atoms. The van der Waals surface area contributed by atoms with E-state index in [2.05, 4.69) is 15.1 Å². The van der Waals surface area contributed by atoms with Crippen molar-refractivity contribution in [1.82, 2.24) is 15.1 Å². The smallest absolute Gasteiger partial charge is 0.257 e. The molecule has 0 spiro atoms. The number of oxazole rings is 1. The molecule has 0 aliphatic rings. The number of fused-ring (bicyclic) bond motifs is 1. The summed E-state index contributed by atoms with van der Waals surface area (Å²) in [5.41, 5.74) is 2.33. The van der Waals surface area contributed by atoms with Crippen molar-refractivity contribution in [3.63, 3.8) is 0 Å². The van der Waals surface area contributed by atoms with Crippen molar-refractivity contribution in [2.75, 3.05) is 0 Å². The Morgan fingerprint density at radius 1 is 1.04 bits per heavy atom. The average molecular weight is 344 g/mol. The van der Waals surface area contributed by atoms with Crippen LogP contribution in [0.25, 0.3) is 22.6 Å². The number of hydrogen-bond donors (Lipinski definition) is 0. The van der Waals surface area contributed by atoms with Crippen LogP contribution in [0.1, 0.15) is 5.82 Å². The molecule has 5 nitrogen and oxygen atoms in total. The van der Waals surface area contributed by atoms with Crippen LogP contribution in [0.4, 0.5) is 0 Å². The number of hydrogen-bond acceptors (Lipinski definition) is 6. The van der Waals surface area contributed by atoms with Gasteiger partial charge in [0.15, 0.2) is 11.4 Å². The third-order valence-corrected chi connectivity index (χ3v) is 4.20. The Morgan fingerprint density at radius 3 is 2.78 bits per heavy atom. The molecule has 2 aromatic heterocycles. The highest BCUT2D eigenvalue weighted by Crippen LogP contribution is 2.27. The molecule has 4 rings (SSSR count). The summed E-state index contributed by atoms with van der Waals surface area (Å²) in [5.74, 6) is 1.61. The lowest BCUT2D eigenvalue weighted by atomic mass is 10.2. The van der Waals surface area contributed by atoms with Crippen LogP contribution in [-0.4, -0.2) is 15.1 Å². The van der Waals surface area contributed by atoms with Gasteiger partial charge in [0.05, 0.1) is 5.75 Å². The molecule has 2 aromatic carbocycles. The van der Waals surface area contributed by atoms with Crippen molar-refractivity contribution in [3.05, 3.63) is 59.4 Å². The first-order valence-electron chi connectivity index (χ1n) is 6.85. The van der Waals surface area contributed by atoms with E-state index in [0.29, 0.717) is 33.3 Å². The average Bonchev–Trinajstić information content (AvgIpc) is 3.20. The first-order valence-corrected chi connectivity index (χ1v) is 8.21. The van der Waals surface area contributed by atoms with E-state index in [9.17, 15) is 0 Å². The number of rotatable bonds is 4. The van der Waals surface area contributed by atoms with E-state index in [1.807, 2.05) is 30.3 Å². The topological polar surface area (TPSA) is 65.0 Å². The van der Waals surface area contributed by atoms with Gasteiger partial charge >= 0.3 is 0 Å². The van der Waals surface area contributed by atoms with E-state index in [1.54, 1.807) is 18.2 Å². The maximum absolute atomic E-state index is 5.94. The second kappa shape index (κ2) is 6.06. The highest BCUT2D eigenvalue weighted by Gasteiger charge is 2.11. The highest BCUT2D eigenvalue weighted by atomic mass is 35.5. The van der Waals surface area contributed by atoms with Crippen LogP contribution in [0.5, 0.6) is 0 Å². The molecule has 0 radical (unpaired) electrons. The molecule has 0 aliphatic carbocycles. The maximum Gasteiger partial charge on any atom is 0.257 e. The van der Waals surface area contributed by atoms with Crippen LogP contribution >= 0.6 is 23.4 Å². The molecule has 0 N–H and O–H groups in total. The summed E-state index contributed by atoms with van der Waals surface area (Å²) in [6.07, 6.45) is 0. The van der Waals surface area contributed by atoms with E-state index in [4.69, 9.17) is 20.5 Å². The second-order valence-electron chi connectivity index (χ2n) is 4.76. The molecule has 0 amide bonds. The number of thioether (sulfide) groups is 1. The van der Waals surface area contributed by atoms with Gasteiger partial charge in [0.25, 0.3) is 11.1 Å². The lowest BCUT2D eigenvalue weighted by molar-refractivity contribution is 0.425. The minimum Gasteiger partial charge on any atom is -0.431 e. The first kappa shape index (κ1) is 14.3. The Labute approximate surface area is 140 Å². The lowest BCUT2D eigenvalue weighted by Crippen LogP contribution is -1.84. The third kappa shape index (κ3) is 3.09. The Hall–Kier alpha value is -2.31. The summed E-state index contributed by atoms with van der Waals surface area (Å²) in [7, 11) is 0. The minimum absolute atomic E-state index is 0.505. The molecule has 0 fully saturated rings. The highest BCUT2D eigenvalue weighted by molar-refractivity contribution is 7.98. The zero-order valence-electron chi connectivity index (χ0n) is 11.8. The van der Waals surface area contributed by atoms with Crippen LogP contribution in [0.15, 0.2) is 62.7 Å². The quantitative estimate of drug-likeness (QED) is 0.495. The predicted molar refractivity (Wildman–Crippen MR) is 88.3 cm³/mol. The van der Waals surface area contributed by atoms with Gasteiger partial charge in [-0.15, -0.1) is 0 Å². The van der Waals surface area contributed by atoms with Crippen molar-refractivity contribution in [3.8, 4) is 11.5 Å². The SMILES string of the molecule is Clc1ccc2oc(SCc3noc(-c4ccccc4)n3)nc2c1. The van der Waals surface area contributed by atoms with Crippen molar-refractivity contribution in [1.29, 1.82) is 0 Å². The zero-order chi connectivity index (χ0) is 15.6. The van der Waals surface area contributed by atoms with Gasteiger partial charge in [0, 0.05) is 10.6 Å². The van der Waals surface area contributed by atoms with Crippen molar-refractivity contribution >= 4 is 34.5 Å². The second-order valence-corrected chi connectivity index (χ2v) is 6.13. The molecule has 0 aliphatic heterocycles. The fraction of sp³-hybridized carbons (Fsp3) is 0.0625. The number of benzene rings is 2. The monoisotopic (exact) mass is 343 g/mol. The molecule has 0 unspecified atom stereocenters. The number of aromatic nitrogens is 3. The fourth-order valence-electron chi connectivity index (χ4n) is 2.08. The molecular formula is C16H10ClN3O2S. The van der Waals surface area contributed by atoms with Crippen LogP contribution in [0.3, 0.4) is 0 Å². The van der Waals surface area contributed by atoms with Crippen molar-refractivity contribution < 1.29 is 8.94 Å². The van der Waals surface area contributed by atoms with E-state index in [0.717, 1.165) is 11.1 Å². The van der Waals surface area contributed by atoms with Gasteiger partial charge in [-0.3, -0.25) is 0 Å². The van der Waals surface area contributed by atoms with Gasteiger partial charge in [-0.2, -0.15) is 4.98 Å². The molecule has 0 saturated carbocycles. The molecule has 4 aromatic rings. The van der Waals surface area contributed by atoms with Crippen LogP contribution in [-0.2, 0) is 5.75 Å². The van der Waals surface area contributed by atoms with Crippen molar-refractivity contribution in [2.45, 2.75) is 11.0 Å². The van der Waals surface area contributed by atoms with E-state index in [1.165, 1.54) is 11.8 Å². The normalized spacial score (nSPS) is 11.2. The Kier molecular flexibility index (Phi) is 3.77. The standard InChI is InChI=1S/C16H10ClN3O2S/c17-11-6-7-13-12(8-11)18-16(21-13)23-9-14-19-15(22-20-14)10-4-2-1-3-5-10/h1-8H,9H2. The number of nitrogens with zero attached hydrogens (tertiary/aromatic N) is 3. The van der Waals surface area contributed by atoms with Crippen LogP contribution < -0.4 is 0 Å². The summed E-state index contributed by atoms with van der Waals surface area (Å²) >= 11 is 7.35. The molecular weight excluding hydrogens is 334 g/mol. The Balaban J connectivity index is 1.49. The summed E-state index contributed by atoms with van der Waals surface area (Å²) in [6, 6.07) is 15.0. The van der Waals surface area contributed by atoms with Crippen molar-refractivity contribution in [2.24, 2.45) is 0 Å². The molecule has 7 heteroatoms. The van der Waals surface area contributed by atoms with Crippen LogP contribution in [0.2, 0.25) is 5.02 Å². The summed E-state index contributed by atoms with van der Waals surface area (Å²) in [6.45, 7) is 0. The first-order chi connectivity index (χ1) is 11.3. The Morgan fingerprint density at radius 2 is 1.91 bits per heavy atom. The van der Waals surface area contributed by atoms with Gasteiger partial charge in [0.1, 0.15) is 5.52 Å². The largest absolute Gasteiger partial charge is 0.431 e. The van der Waals surface area contributed by atoms with Gasteiger partial charge in [-0.1, -0.05) is 46.7 Å². The lowest BCUT2D eigenvalue weighted by Gasteiger charge is -1.91. The molecule has 114 valence electrons. The predicted octanol–water partition coefficient (Wildman–Crippen LogP) is 4.82.